The fraction of sp³-hybridized carbons (Fsp3) is 0.500. The lowest BCUT2D eigenvalue weighted by Crippen LogP contribution is -2.13. The molecule has 0 aliphatic rings. The molecule has 0 saturated heterocycles. The number of thioether (sulfide) groups is 1. The molecule has 1 unspecified atom stereocenters. The minimum absolute atomic E-state index is 0.607. The van der Waals surface area contributed by atoms with Crippen LogP contribution in [0.25, 0.3) is 11.0 Å². The first-order valence-corrected chi connectivity index (χ1v) is 8.03. The number of nitrogens with zero attached hydrogens (tertiary/aromatic N) is 1. The highest BCUT2D eigenvalue weighted by molar-refractivity contribution is 7.99. The highest BCUT2D eigenvalue weighted by Gasteiger charge is 2.13. The molecule has 1 aromatic heterocycles. The molecule has 1 heterocycles. The average Bonchev–Trinajstić information content (AvgIpc) is 2.80. The van der Waals surface area contributed by atoms with Crippen LogP contribution in [-0.2, 0) is 0 Å². The molecule has 0 radical (unpaired) electrons. The van der Waals surface area contributed by atoms with Crippen molar-refractivity contribution < 1.29 is 4.74 Å². The fourth-order valence-electron chi connectivity index (χ4n) is 1.80. The number of methoxy groups -OCH3 is 1. The van der Waals surface area contributed by atoms with Gasteiger partial charge in [0.25, 0.3) is 0 Å². The van der Waals surface area contributed by atoms with Crippen molar-refractivity contribution in [3.8, 4) is 5.75 Å². The molecule has 0 spiro atoms. The van der Waals surface area contributed by atoms with Crippen LogP contribution < -0.4 is 4.74 Å². The number of imidazole rings is 1. The molecule has 1 atom stereocenters. The van der Waals surface area contributed by atoms with Gasteiger partial charge in [-0.25, -0.2) is 4.98 Å². The summed E-state index contributed by atoms with van der Waals surface area (Å²) in [5.41, 5.74) is 2.00. The van der Waals surface area contributed by atoms with E-state index in [1.165, 1.54) is 0 Å². The normalized spacial score (nSPS) is 13.1. The second-order valence-corrected chi connectivity index (χ2v) is 6.30. The Morgan fingerprint density at radius 3 is 2.84 bits per heavy atom. The number of hydrogen-bond acceptors (Lipinski definition) is 4. The van der Waals surface area contributed by atoms with E-state index >= 15 is 0 Å². The van der Waals surface area contributed by atoms with Crippen LogP contribution in [0.1, 0.15) is 13.8 Å². The van der Waals surface area contributed by atoms with E-state index in [9.17, 15) is 0 Å². The number of H-pyrrole nitrogens is 1. The third-order valence-electron chi connectivity index (χ3n) is 3.28. The standard InChI is InChI=1S/C14H20N2OS2/c1-9(2)10(7-18)8-19-14-15-12-5-4-11(17-3)6-13(12)16-14/h4-6,9-10,18H,7-8H2,1-3H3,(H,15,16). The monoisotopic (exact) mass is 296 g/mol. The fourth-order valence-corrected chi connectivity index (χ4v) is 3.75. The molecule has 3 nitrogen and oxygen atoms in total. The Morgan fingerprint density at radius 1 is 1.42 bits per heavy atom. The summed E-state index contributed by atoms with van der Waals surface area (Å²) in [5, 5.41) is 0.968. The van der Waals surface area contributed by atoms with Crippen molar-refractivity contribution in [1.82, 2.24) is 9.97 Å². The lowest BCUT2D eigenvalue weighted by atomic mass is 10.0. The van der Waals surface area contributed by atoms with E-state index in [1.54, 1.807) is 18.9 Å². The Balaban J connectivity index is 2.09. The van der Waals surface area contributed by atoms with Gasteiger partial charge in [-0.15, -0.1) is 0 Å². The molecular weight excluding hydrogens is 276 g/mol. The lowest BCUT2D eigenvalue weighted by molar-refractivity contribution is 0.415. The van der Waals surface area contributed by atoms with Crippen LogP contribution in [0.3, 0.4) is 0 Å². The quantitative estimate of drug-likeness (QED) is 0.628. The van der Waals surface area contributed by atoms with Gasteiger partial charge in [-0.3, -0.25) is 0 Å². The average molecular weight is 296 g/mol. The van der Waals surface area contributed by atoms with Crippen molar-refractivity contribution in [3.63, 3.8) is 0 Å². The van der Waals surface area contributed by atoms with E-state index in [-0.39, 0.29) is 0 Å². The van der Waals surface area contributed by atoms with Gasteiger partial charge in [-0.05, 0) is 29.7 Å². The molecule has 0 amide bonds. The number of benzene rings is 1. The van der Waals surface area contributed by atoms with Crippen molar-refractivity contribution >= 4 is 35.4 Å². The van der Waals surface area contributed by atoms with Crippen molar-refractivity contribution in [2.45, 2.75) is 19.0 Å². The summed E-state index contributed by atoms with van der Waals surface area (Å²) in [6.07, 6.45) is 0. The van der Waals surface area contributed by atoms with Gasteiger partial charge in [0.2, 0.25) is 0 Å². The molecule has 1 aromatic carbocycles. The number of ether oxygens (including phenoxy) is 1. The van der Waals surface area contributed by atoms with Gasteiger partial charge in [0.05, 0.1) is 18.1 Å². The van der Waals surface area contributed by atoms with Gasteiger partial charge in [0.1, 0.15) is 5.75 Å². The first-order valence-electron chi connectivity index (χ1n) is 6.41. The zero-order chi connectivity index (χ0) is 13.8. The molecule has 0 saturated carbocycles. The van der Waals surface area contributed by atoms with Crippen LogP contribution in [0.2, 0.25) is 0 Å². The van der Waals surface area contributed by atoms with Gasteiger partial charge >= 0.3 is 0 Å². The summed E-state index contributed by atoms with van der Waals surface area (Å²) in [6, 6.07) is 5.89. The zero-order valence-corrected chi connectivity index (χ0v) is 13.2. The Labute approximate surface area is 123 Å². The van der Waals surface area contributed by atoms with Gasteiger partial charge in [-0.2, -0.15) is 12.6 Å². The minimum atomic E-state index is 0.607. The minimum Gasteiger partial charge on any atom is -0.497 e. The SMILES string of the molecule is COc1ccc2nc(SCC(CS)C(C)C)[nH]c2c1. The van der Waals surface area contributed by atoms with Crippen LogP contribution in [0.4, 0.5) is 0 Å². The van der Waals surface area contributed by atoms with Gasteiger partial charge < -0.3 is 9.72 Å². The summed E-state index contributed by atoms with van der Waals surface area (Å²) in [4.78, 5) is 7.92. The first kappa shape index (κ1) is 14.6. The van der Waals surface area contributed by atoms with Crippen LogP contribution in [0.15, 0.2) is 23.4 Å². The number of nitrogens with one attached hydrogen (secondary N) is 1. The second kappa shape index (κ2) is 6.57. The maximum Gasteiger partial charge on any atom is 0.166 e. The van der Waals surface area contributed by atoms with E-state index in [0.717, 1.165) is 33.4 Å². The molecule has 1 N–H and O–H groups in total. The van der Waals surface area contributed by atoms with Crippen molar-refractivity contribution in [3.05, 3.63) is 18.2 Å². The third kappa shape index (κ3) is 3.60. The molecular formula is C14H20N2OS2. The number of rotatable bonds is 6. The van der Waals surface area contributed by atoms with Crippen molar-refractivity contribution in [2.75, 3.05) is 18.6 Å². The van der Waals surface area contributed by atoms with E-state index in [2.05, 4.69) is 36.4 Å². The summed E-state index contributed by atoms with van der Waals surface area (Å²) in [5.74, 6) is 4.06. The Morgan fingerprint density at radius 2 is 2.21 bits per heavy atom. The summed E-state index contributed by atoms with van der Waals surface area (Å²) < 4.78 is 5.21. The molecule has 2 rings (SSSR count). The van der Waals surface area contributed by atoms with Gasteiger partial charge in [0.15, 0.2) is 5.16 Å². The van der Waals surface area contributed by atoms with E-state index in [4.69, 9.17) is 4.74 Å². The molecule has 0 aliphatic heterocycles. The maximum absolute atomic E-state index is 5.21. The Hall–Kier alpha value is -0.810. The number of aromatic nitrogens is 2. The number of thiol groups is 1. The summed E-state index contributed by atoms with van der Waals surface area (Å²) >= 11 is 6.18. The predicted octanol–water partition coefficient (Wildman–Crippen LogP) is 3.87. The van der Waals surface area contributed by atoms with E-state index in [0.29, 0.717) is 11.8 Å². The topological polar surface area (TPSA) is 37.9 Å². The first-order chi connectivity index (χ1) is 9.13. The van der Waals surface area contributed by atoms with Gasteiger partial charge in [0, 0.05) is 11.8 Å². The number of hydrogen-bond donors (Lipinski definition) is 2. The predicted molar refractivity (Wildman–Crippen MR) is 85.6 cm³/mol. The van der Waals surface area contributed by atoms with E-state index < -0.39 is 0 Å². The van der Waals surface area contributed by atoms with Crippen molar-refractivity contribution in [1.29, 1.82) is 0 Å². The smallest absolute Gasteiger partial charge is 0.166 e. The Kier molecular flexibility index (Phi) is 5.05. The van der Waals surface area contributed by atoms with Crippen LogP contribution in [0.5, 0.6) is 5.75 Å². The van der Waals surface area contributed by atoms with Gasteiger partial charge in [-0.1, -0.05) is 25.6 Å². The Bertz CT molecular complexity index is 539. The second-order valence-electron chi connectivity index (χ2n) is 4.92. The van der Waals surface area contributed by atoms with Crippen LogP contribution in [-0.4, -0.2) is 28.6 Å². The molecule has 104 valence electrons. The largest absolute Gasteiger partial charge is 0.497 e. The number of aromatic amines is 1. The molecule has 2 aromatic rings. The highest BCUT2D eigenvalue weighted by Crippen LogP contribution is 2.26. The molecule has 5 heteroatoms. The van der Waals surface area contributed by atoms with Crippen LogP contribution in [0, 0.1) is 11.8 Å². The summed E-state index contributed by atoms with van der Waals surface area (Å²) in [6.45, 7) is 4.48. The molecule has 0 bridgehead atoms. The van der Waals surface area contributed by atoms with Crippen LogP contribution >= 0.6 is 24.4 Å². The van der Waals surface area contributed by atoms with E-state index in [1.807, 2.05) is 18.2 Å². The number of fused-ring (bicyclic) bond motifs is 1. The lowest BCUT2D eigenvalue weighted by Gasteiger charge is -2.16. The molecule has 0 fully saturated rings. The zero-order valence-electron chi connectivity index (χ0n) is 11.5. The van der Waals surface area contributed by atoms with Crippen molar-refractivity contribution in [2.24, 2.45) is 11.8 Å². The molecule has 19 heavy (non-hydrogen) atoms. The maximum atomic E-state index is 5.21. The highest BCUT2D eigenvalue weighted by atomic mass is 32.2. The summed E-state index contributed by atoms with van der Waals surface area (Å²) in [7, 11) is 1.67. The third-order valence-corrected chi connectivity index (χ3v) is 4.81. The molecule has 0 aliphatic carbocycles.